The van der Waals surface area contributed by atoms with E-state index in [-0.39, 0.29) is 18.3 Å². The fourth-order valence-electron chi connectivity index (χ4n) is 5.67. The van der Waals surface area contributed by atoms with Gasteiger partial charge in [0.1, 0.15) is 8.07 Å². The van der Waals surface area contributed by atoms with Crippen molar-refractivity contribution in [2.24, 2.45) is 0 Å². The molecule has 1 heterocycles. The number of hydrogen-bond acceptors (Lipinski definition) is 2. The first-order valence-corrected chi connectivity index (χ1v) is 15.5. The van der Waals surface area contributed by atoms with E-state index >= 15 is 0 Å². The lowest BCUT2D eigenvalue weighted by atomic mass is 9.78. The minimum Gasteiger partial charge on any atom is -0.399 e. The Morgan fingerprint density at radius 1 is 0.743 bits per heavy atom. The van der Waals surface area contributed by atoms with E-state index in [1.807, 2.05) is 0 Å². The van der Waals surface area contributed by atoms with Gasteiger partial charge in [0.25, 0.3) is 0 Å². The zero-order chi connectivity index (χ0) is 26.3. The average molecular weight is 489 g/mol. The first-order chi connectivity index (χ1) is 16.1. The maximum atomic E-state index is 6.22. The summed E-state index contributed by atoms with van der Waals surface area (Å²) >= 11 is 0. The summed E-state index contributed by atoms with van der Waals surface area (Å²) in [6.07, 6.45) is 0. The van der Waals surface area contributed by atoms with Gasteiger partial charge in [-0.1, -0.05) is 71.7 Å². The minimum absolute atomic E-state index is 0.331. The van der Waals surface area contributed by atoms with Crippen LogP contribution in [0, 0.1) is 25.3 Å². The average Bonchev–Trinajstić information content (AvgIpc) is 2.97. The van der Waals surface area contributed by atoms with Crippen molar-refractivity contribution in [3.63, 3.8) is 0 Å². The van der Waals surface area contributed by atoms with E-state index in [4.69, 9.17) is 9.31 Å². The molecule has 0 radical (unpaired) electrons. The molecular weight excluding hydrogens is 443 g/mol. The van der Waals surface area contributed by atoms with Crippen molar-refractivity contribution >= 4 is 20.7 Å². The van der Waals surface area contributed by atoms with Crippen LogP contribution in [0.15, 0.2) is 36.4 Å². The zero-order valence-corrected chi connectivity index (χ0v) is 25.1. The summed E-state index contributed by atoms with van der Waals surface area (Å²) in [5.74, 6) is 3.66. The van der Waals surface area contributed by atoms with Crippen LogP contribution in [0.1, 0.15) is 85.9 Å². The third kappa shape index (κ3) is 5.19. The van der Waals surface area contributed by atoms with Gasteiger partial charge in [0, 0.05) is 5.56 Å². The normalized spacial score (nSPS) is 17.3. The van der Waals surface area contributed by atoms with E-state index < -0.39 is 8.07 Å². The van der Waals surface area contributed by atoms with Gasteiger partial charge in [-0.05, 0) is 98.0 Å². The summed E-state index contributed by atoms with van der Waals surface area (Å²) in [5, 5.41) is 0. The SMILES string of the molecule is Cc1cc(-c2ccc(B3OC(C)(C)C(C)(C)O3)cc2)c(C)cc1C#C[Si](C(C)C)(C(C)C)C(C)C. The fraction of sp³-hybridized carbons (Fsp3) is 0.548. The lowest BCUT2D eigenvalue weighted by Gasteiger charge is -2.38. The molecule has 0 N–H and O–H groups in total. The van der Waals surface area contributed by atoms with E-state index in [0.29, 0.717) is 16.6 Å². The van der Waals surface area contributed by atoms with Crippen molar-refractivity contribution in [3.05, 3.63) is 53.1 Å². The minimum atomic E-state index is -1.75. The standard InChI is InChI=1S/C31H45BO2Si/c1-21(2)35(22(3)4,23(5)6)18-17-27-19-25(8)29(20-24(27)7)26-13-15-28(16-14-26)32-33-30(9,10)31(11,12)34-32/h13-16,19-23H,1-12H3. The number of benzene rings is 2. The molecule has 0 unspecified atom stereocenters. The van der Waals surface area contributed by atoms with Crippen molar-refractivity contribution in [3.8, 4) is 22.6 Å². The van der Waals surface area contributed by atoms with Crippen LogP contribution in [0.3, 0.4) is 0 Å². The Labute approximate surface area is 216 Å². The monoisotopic (exact) mass is 488 g/mol. The first kappa shape index (κ1) is 27.8. The molecule has 2 aromatic rings. The van der Waals surface area contributed by atoms with Crippen LogP contribution >= 0.6 is 0 Å². The molecule has 1 saturated heterocycles. The largest absolute Gasteiger partial charge is 0.494 e. The first-order valence-electron chi connectivity index (χ1n) is 13.2. The van der Waals surface area contributed by atoms with Gasteiger partial charge in [-0.2, -0.15) is 0 Å². The second kappa shape index (κ2) is 9.93. The molecule has 0 aromatic heterocycles. The molecular formula is C31H45BO2Si. The van der Waals surface area contributed by atoms with Crippen molar-refractivity contribution in [2.75, 3.05) is 0 Å². The van der Waals surface area contributed by atoms with Gasteiger partial charge >= 0.3 is 7.12 Å². The predicted molar refractivity (Wildman–Crippen MR) is 155 cm³/mol. The molecule has 1 fully saturated rings. The van der Waals surface area contributed by atoms with Crippen LogP contribution < -0.4 is 5.46 Å². The highest BCUT2D eigenvalue weighted by Crippen LogP contribution is 2.41. The van der Waals surface area contributed by atoms with Crippen LogP contribution in [0.2, 0.25) is 16.6 Å². The van der Waals surface area contributed by atoms with Gasteiger partial charge in [-0.25, -0.2) is 0 Å². The topological polar surface area (TPSA) is 18.5 Å². The molecule has 0 saturated carbocycles. The van der Waals surface area contributed by atoms with E-state index in [0.717, 1.165) is 5.46 Å². The lowest BCUT2D eigenvalue weighted by molar-refractivity contribution is 0.00578. The van der Waals surface area contributed by atoms with E-state index in [1.165, 1.54) is 27.8 Å². The van der Waals surface area contributed by atoms with Crippen molar-refractivity contribution in [1.82, 2.24) is 0 Å². The molecule has 1 aliphatic heterocycles. The molecule has 0 bridgehead atoms. The quantitative estimate of drug-likeness (QED) is 0.315. The Morgan fingerprint density at radius 3 is 1.69 bits per heavy atom. The number of aryl methyl sites for hydroxylation is 2. The van der Waals surface area contributed by atoms with Crippen LogP contribution in [-0.4, -0.2) is 26.4 Å². The maximum Gasteiger partial charge on any atom is 0.494 e. The maximum absolute atomic E-state index is 6.22. The van der Waals surface area contributed by atoms with Gasteiger partial charge in [0.2, 0.25) is 0 Å². The summed E-state index contributed by atoms with van der Waals surface area (Å²) in [7, 11) is -2.08. The third-order valence-electron chi connectivity index (χ3n) is 8.60. The second-order valence-corrected chi connectivity index (χ2v) is 17.9. The van der Waals surface area contributed by atoms with E-state index in [2.05, 4.69) is 131 Å². The summed E-state index contributed by atoms with van der Waals surface area (Å²) < 4.78 is 12.4. The highest BCUT2D eigenvalue weighted by Gasteiger charge is 2.51. The molecule has 0 amide bonds. The molecule has 2 aromatic carbocycles. The molecule has 4 heteroatoms. The summed E-state index contributed by atoms with van der Waals surface area (Å²) in [6.45, 7) is 27.0. The number of hydrogen-bond donors (Lipinski definition) is 0. The molecule has 3 rings (SSSR count). The van der Waals surface area contributed by atoms with E-state index in [9.17, 15) is 0 Å². The number of rotatable bonds is 5. The molecule has 1 aliphatic rings. The van der Waals surface area contributed by atoms with Gasteiger partial charge in [-0.3, -0.25) is 0 Å². The third-order valence-corrected chi connectivity index (χ3v) is 14.9. The summed E-state index contributed by atoms with van der Waals surface area (Å²) in [4.78, 5) is 0. The smallest absolute Gasteiger partial charge is 0.399 e. The molecule has 0 spiro atoms. The fourth-order valence-corrected chi connectivity index (χ4v) is 10.9. The van der Waals surface area contributed by atoms with Gasteiger partial charge in [0.15, 0.2) is 0 Å². The lowest BCUT2D eigenvalue weighted by Crippen LogP contribution is -2.43. The van der Waals surface area contributed by atoms with Gasteiger partial charge in [-0.15, -0.1) is 5.54 Å². The van der Waals surface area contributed by atoms with E-state index in [1.54, 1.807) is 0 Å². The Balaban J connectivity index is 1.91. The highest BCUT2D eigenvalue weighted by molar-refractivity contribution is 6.90. The molecule has 0 atom stereocenters. The van der Waals surface area contributed by atoms with Crippen LogP contribution in [0.25, 0.3) is 11.1 Å². The van der Waals surface area contributed by atoms with Crippen LogP contribution in [0.4, 0.5) is 0 Å². The van der Waals surface area contributed by atoms with Crippen molar-refractivity contribution < 1.29 is 9.31 Å². The van der Waals surface area contributed by atoms with Crippen molar-refractivity contribution in [2.45, 2.75) is 111 Å². The Morgan fingerprint density at radius 2 is 1.23 bits per heavy atom. The van der Waals surface area contributed by atoms with Crippen molar-refractivity contribution in [1.29, 1.82) is 0 Å². The highest BCUT2D eigenvalue weighted by atomic mass is 28.3. The zero-order valence-electron chi connectivity index (χ0n) is 24.1. The predicted octanol–water partition coefficient (Wildman–Crippen LogP) is 7.84. The molecule has 188 valence electrons. The second-order valence-electron chi connectivity index (χ2n) is 12.3. The Kier molecular flexibility index (Phi) is 7.88. The Hall–Kier alpha value is -1.80. The summed E-state index contributed by atoms with van der Waals surface area (Å²) in [5.41, 5.74) is 12.3. The molecule has 0 aliphatic carbocycles. The summed E-state index contributed by atoms with van der Waals surface area (Å²) in [6, 6.07) is 13.2. The van der Waals surface area contributed by atoms with Crippen LogP contribution in [-0.2, 0) is 9.31 Å². The molecule has 35 heavy (non-hydrogen) atoms. The Bertz CT molecular complexity index is 1080. The molecule has 2 nitrogen and oxygen atoms in total. The van der Waals surface area contributed by atoms with Gasteiger partial charge in [0.05, 0.1) is 11.2 Å². The van der Waals surface area contributed by atoms with Gasteiger partial charge < -0.3 is 9.31 Å². The van der Waals surface area contributed by atoms with Crippen LogP contribution in [0.5, 0.6) is 0 Å².